The number of thiophene rings is 1. The number of aromatic amines is 1. The fraction of sp³-hybridized carbons (Fsp3) is 0.556. The van der Waals surface area contributed by atoms with Crippen LogP contribution < -0.4 is 5.69 Å². The predicted octanol–water partition coefficient (Wildman–Crippen LogP) is 1.74. The van der Waals surface area contributed by atoms with Crippen molar-refractivity contribution in [3.05, 3.63) is 33.8 Å². The molecule has 0 radical (unpaired) electrons. The summed E-state index contributed by atoms with van der Waals surface area (Å²) in [5, 5.41) is 9.49. The van der Waals surface area contributed by atoms with E-state index in [0.29, 0.717) is 31.3 Å². The smallest absolute Gasteiger partial charge is 0.348 e. The lowest BCUT2D eigenvalue weighted by Crippen LogP contribution is -2.50. The number of carbonyl (C=O) groups excluding carboxylic acids is 2. The molecule has 2 aromatic heterocycles. The molecule has 0 aliphatic carbocycles. The van der Waals surface area contributed by atoms with Crippen molar-refractivity contribution < 1.29 is 14.3 Å². The Hall–Kier alpha value is -2.42. The Morgan fingerprint density at radius 2 is 2.07 bits per heavy atom. The molecule has 0 aromatic carbocycles. The third-order valence-corrected chi connectivity index (χ3v) is 5.61. The molecule has 3 rings (SSSR count). The number of piperidine rings is 1. The average molecular weight is 392 g/mol. The van der Waals surface area contributed by atoms with Crippen molar-refractivity contribution in [2.24, 2.45) is 5.92 Å². The molecular formula is C18H24N4O4S. The van der Waals surface area contributed by atoms with E-state index in [1.165, 1.54) is 18.3 Å². The Bertz CT molecular complexity index is 860. The third kappa shape index (κ3) is 4.29. The Morgan fingerprint density at radius 3 is 2.67 bits per heavy atom. The number of H-pyrrole nitrogens is 1. The molecule has 0 unspecified atom stereocenters. The summed E-state index contributed by atoms with van der Waals surface area (Å²) in [5.41, 5.74) is -1.39. The van der Waals surface area contributed by atoms with Gasteiger partial charge in [0, 0.05) is 26.4 Å². The predicted molar refractivity (Wildman–Crippen MR) is 101 cm³/mol. The van der Waals surface area contributed by atoms with Gasteiger partial charge in [0.25, 0.3) is 5.91 Å². The highest BCUT2D eigenvalue weighted by molar-refractivity contribution is 7.12. The summed E-state index contributed by atoms with van der Waals surface area (Å²) in [6.07, 6.45) is 2.30. The summed E-state index contributed by atoms with van der Waals surface area (Å²) >= 11 is 1.49. The van der Waals surface area contributed by atoms with Crippen molar-refractivity contribution in [2.75, 3.05) is 13.1 Å². The standard InChI is InChI=1S/C18H24N4O4S/c1-12(23)26-18(2,3)16(24)21-8-6-13(7-9-21)11-14-19-20-17(25)22(14)15-5-4-10-27-15/h4-5,10,13H,6-9,11H2,1-3H3,(H,20,25). The molecule has 0 saturated carbocycles. The number of carbonyl (C=O) groups is 2. The maximum absolute atomic E-state index is 12.6. The summed E-state index contributed by atoms with van der Waals surface area (Å²) in [7, 11) is 0. The van der Waals surface area contributed by atoms with Gasteiger partial charge in [0.2, 0.25) is 0 Å². The van der Waals surface area contributed by atoms with Gasteiger partial charge in [0.15, 0.2) is 5.60 Å². The number of esters is 1. The Balaban J connectivity index is 1.62. The molecule has 27 heavy (non-hydrogen) atoms. The van der Waals surface area contributed by atoms with E-state index in [0.717, 1.165) is 17.8 Å². The Labute approximate surface area is 161 Å². The highest BCUT2D eigenvalue weighted by Gasteiger charge is 2.36. The zero-order valence-corrected chi connectivity index (χ0v) is 16.5. The molecule has 9 heteroatoms. The molecule has 1 amide bonds. The number of hydrogen-bond acceptors (Lipinski definition) is 6. The van der Waals surface area contributed by atoms with Gasteiger partial charge in [-0.2, -0.15) is 5.10 Å². The number of amides is 1. The van der Waals surface area contributed by atoms with Crippen LogP contribution >= 0.6 is 11.3 Å². The molecular weight excluding hydrogens is 368 g/mol. The first-order chi connectivity index (χ1) is 12.8. The average Bonchev–Trinajstić information content (AvgIpc) is 3.23. The van der Waals surface area contributed by atoms with Crippen LogP contribution in [0.5, 0.6) is 0 Å². The summed E-state index contributed by atoms with van der Waals surface area (Å²) < 4.78 is 6.77. The minimum absolute atomic E-state index is 0.175. The number of nitrogens with one attached hydrogen (secondary N) is 1. The maximum Gasteiger partial charge on any atom is 0.348 e. The molecule has 0 bridgehead atoms. The van der Waals surface area contributed by atoms with Gasteiger partial charge in [-0.3, -0.25) is 9.59 Å². The first-order valence-corrected chi connectivity index (χ1v) is 9.85. The summed E-state index contributed by atoms with van der Waals surface area (Å²) in [6, 6.07) is 3.79. The second-order valence-corrected chi connectivity index (χ2v) is 8.20. The van der Waals surface area contributed by atoms with Gasteiger partial charge >= 0.3 is 11.7 Å². The number of nitrogens with zero attached hydrogens (tertiary/aromatic N) is 3. The summed E-state index contributed by atoms with van der Waals surface area (Å²) in [6.45, 7) is 5.74. The van der Waals surface area contributed by atoms with Crippen molar-refractivity contribution in [3.8, 4) is 5.00 Å². The minimum atomic E-state index is -1.15. The van der Waals surface area contributed by atoms with Crippen LogP contribution in [-0.2, 0) is 20.7 Å². The molecule has 1 aliphatic rings. The van der Waals surface area contributed by atoms with Gasteiger partial charge in [-0.1, -0.05) is 0 Å². The fourth-order valence-corrected chi connectivity index (χ4v) is 4.22. The summed E-state index contributed by atoms with van der Waals surface area (Å²) in [4.78, 5) is 37.6. The quantitative estimate of drug-likeness (QED) is 0.782. The van der Waals surface area contributed by atoms with Crippen molar-refractivity contribution >= 4 is 23.2 Å². The molecule has 1 aliphatic heterocycles. The first kappa shape index (κ1) is 19.3. The first-order valence-electron chi connectivity index (χ1n) is 8.97. The molecule has 1 saturated heterocycles. The zero-order chi connectivity index (χ0) is 19.6. The van der Waals surface area contributed by atoms with E-state index in [1.54, 1.807) is 23.3 Å². The number of ether oxygens (including phenoxy) is 1. The van der Waals surface area contributed by atoms with Crippen LogP contribution in [0, 0.1) is 5.92 Å². The van der Waals surface area contributed by atoms with Crippen molar-refractivity contribution in [1.82, 2.24) is 19.7 Å². The molecule has 1 N–H and O–H groups in total. The van der Waals surface area contributed by atoms with Crippen LogP contribution in [0.2, 0.25) is 0 Å². The second-order valence-electron chi connectivity index (χ2n) is 7.28. The molecule has 3 heterocycles. The second kappa shape index (κ2) is 7.67. The van der Waals surface area contributed by atoms with Crippen LogP contribution in [0.1, 0.15) is 39.4 Å². The van der Waals surface area contributed by atoms with Crippen molar-refractivity contribution in [3.63, 3.8) is 0 Å². The normalized spacial score (nSPS) is 15.7. The van der Waals surface area contributed by atoms with Crippen LogP contribution in [0.15, 0.2) is 22.3 Å². The SMILES string of the molecule is CC(=O)OC(C)(C)C(=O)N1CCC(Cc2n[nH]c(=O)n2-c2cccs2)CC1. The molecule has 8 nitrogen and oxygen atoms in total. The monoisotopic (exact) mass is 392 g/mol. The topological polar surface area (TPSA) is 97.3 Å². The molecule has 0 spiro atoms. The van der Waals surface area contributed by atoms with Crippen molar-refractivity contribution in [1.29, 1.82) is 0 Å². The summed E-state index contributed by atoms with van der Waals surface area (Å²) in [5.74, 6) is 0.409. The molecule has 0 atom stereocenters. The number of aromatic nitrogens is 3. The number of rotatable bonds is 5. The van der Waals surface area contributed by atoms with E-state index in [1.807, 2.05) is 17.5 Å². The van der Waals surface area contributed by atoms with Gasteiger partial charge in [0.1, 0.15) is 10.8 Å². The lowest BCUT2D eigenvalue weighted by atomic mass is 9.92. The van der Waals surface area contributed by atoms with Crippen LogP contribution in [0.25, 0.3) is 5.00 Å². The Kier molecular flexibility index (Phi) is 5.50. The van der Waals surface area contributed by atoms with E-state index in [-0.39, 0.29) is 11.6 Å². The van der Waals surface area contributed by atoms with Crippen LogP contribution in [0.4, 0.5) is 0 Å². The number of likely N-dealkylation sites (tertiary alicyclic amines) is 1. The van der Waals surface area contributed by atoms with Crippen LogP contribution in [-0.4, -0.2) is 50.2 Å². The van der Waals surface area contributed by atoms with E-state index in [9.17, 15) is 14.4 Å². The highest BCUT2D eigenvalue weighted by atomic mass is 32.1. The van der Waals surface area contributed by atoms with Gasteiger partial charge in [0.05, 0.1) is 0 Å². The van der Waals surface area contributed by atoms with E-state index in [2.05, 4.69) is 10.2 Å². The lowest BCUT2D eigenvalue weighted by molar-refractivity contribution is -0.169. The number of hydrogen-bond donors (Lipinski definition) is 1. The van der Waals surface area contributed by atoms with E-state index in [4.69, 9.17) is 4.74 Å². The largest absolute Gasteiger partial charge is 0.450 e. The zero-order valence-electron chi connectivity index (χ0n) is 15.7. The van der Waals surface area contributed by atoms with Gasteiger partial charge in [-0.05, 0) is 50.1 Å². The van der Waals surface area contributed by atoms with E-state index < -0.39 is 11.6 Å². The molecule has 1 fully saturated rings. The highest BCUT2D eigenvalue weighted by Crippen LogP contribution is 2.25. The Morgan fingerprint density at radius 1 is 1.37 bits per heavy atom. The molecule has 146 valence electrons. The van der Waals surface area contributed by atoms with Gasteiger partial charge in [-0.25, -0.2) is 14.5 Å². The van der Waals surface area contributed by atoms with Gasteiger partial charge in [-0.15, -0.1) is 11.3 Å². The van der Waals surface area contributed by atoms with Gasteiger partial charge < -0.3 is 9.64 Å². The van der Waals surface area contributed by atoms with Crippen molar-refractivity contribution in [2.45, 2.75) is 45.6 Å². The van der Waals surface area contributed by atoms with E-state index >= 15 is 0 Å². The maximum atomic E-state index is 12.6. The molecule has 2 aromatic rings. The lowest BCUT2D eigenvalue weighted by Gasteiger charge is -2.36. The third-order valence-electron chi connectivity index (χ3n) is 4.76. The minimum Gasteiger partial charge on any atom is -0.450 e. The van der Waals surface area contributed by atoms with Crippen LogP contribution in [0.3, 0.4) is 0 Å². The fourth-order valence-electron chi connectivity index (χ4n) is 3.47.